The van der Waals surface area contributed by atoms with Gasteiger partial charge in [-0.15, -0.1) is 10.2 Å². The van der Waals surface area contributed by atoms with Gasteiger partial charge < -0.3 is 13.9 Å². The second-order valence-electron chi connectivity index (χ2n) is 6.49. The van der Waals surface area contributed by atoms with Crippen LogP contribution < -0.4 is 9.47 Å². The number of nitrogens with zero attached hydrogens (tertiary/aromatic N) is 2. The fourth-order valence-corrected chi connectivity index (χ4v) is 3.97. The third-order valence-electron chi connectivity index (χ3n) is 4.79. The van der Waals surface area contributed by atoms with E-state index in [1.165, 1.54) is 29.3 Å². The number of ketones is 1. The van der Waals surface area contributed by atoms with Gasteiger partial charge in [0.2, 0.25) is 0 Å². The molecule has 0 aliphatic heterocycles. The molecule has 0 N–H and O–H groups in total. The Hall–Kier alpha value is -2.80. The van der Waals surface area contributed by atoms with Gasteiger partial charge in [0.1, 0.15) is 11.5 Å². The molecule has 1 aromatic heterocycles. The third kappa shape index (κ3) is 3.75. The molecule has 0 saturated carbocycles. The summed E-state index contributed by atoms with van der Waals surface area (Å²) < 4.78 is 16.3. The summed E-state index contributed by atoms with van der Waals surface area (Å²) in [5.74, 6) is 1.90. The molecule has 0 unspecified atom stereocenters. The van der Waals surface area contributed by atoms with Crippen LogP contribution in [0.3, 0.4) is 0 Å². The van der Waals surface area contributed by atoms with E-state index in [1.54, 1.807) is 32.4 Å². The Morgan fingerprint density at radius 3 is 2.75 bits per heavy atom. The summed E-state index contributed by atoms with van der Waals surface area (Å²) >= 11 is 1.24. The molecule has 1 heterocycles. The van der Waals surface area contributed by atoms with E-state index in [9.17, 15) is 4.79 Å². The Kier molecular flexibility index (Phi) is 5.34. The number of aryl methyl sites for hydroxylation is 2. The number of thioether (sulfide) groups is 1. The number of hydrogen-bond donors (Lipinski definition) is 0. The maximum absolute atomic E-state index is 12.5. The molecule has 0 fully saturated rings. The monoisotopic (exact) mass is 396 g/mol. The molecular formula is C21H20N2O4S. The highest BCUT2D eigenvalue weighted by Crippen LogP contribution is 2.33. The standard InChI is InChI=1S/C21H20N2O4S/c1-25-16-8-9-17(19(11-16)26-2)20-22-23-21(27-20)28-12-18(24)15-7-6-13-4-3-5-14(13)10-15/h6-11H,3-5,12H2,1-2H3. The number of Topliss-reactive ketones (excluding diaryl/α,β-unsaturated/α-hetero) is 1. The molecule has 0 radical (unpaired) electrons. The summed E-state index contributed by atoms with van der Waals surface area (Å²) in [7, 11) is 3.16. The third-order valence-corrected chi connectivity index (χ3v) is 5.61. The van der Waals surface area contributed by atoms with E-state index in [4.69, 9.17) is 13.9 Å². The molecule has 0 spiro atoms. The Morgan fingerprint density at radius 2 is 1.93 bits per heavy atom. The van der Waals surface area contributed by atoms with E-state index in [1.807, 2.05) is 12.1 Å². The zero-order chi connectivity index (χ0) is 19.5. The predicted molar refractivity (Wildman–Crippen MR) is 106 cm³/mol. The van der Waals surface area contributed by atoms with Gasteiger partial charge in [-0.1, -0.05) is 23.9 Å². The van der Waals surface area contributed by atoms with Crippen LogP contribution in [0.5, 0.6) is 11.5 Å². The molecule has 0 saturated heterocycles. The molecular weight excluding hydrogens is 376 g/mol. The minimum atomic E-state index is 0.0569. The fourth-order valence-electron chi connectivity index (χ4n) is 3.31. The Morgan fingerprint density at radius 1 is 1.07 bits per heavy atom. The van der Waals surface area contributed by atoms with Crippen molar-refractivity contribution in [2.75, 3.05) is 20.0 Å². The van der Waals surface area contributed by atoms with E-state index in [0.717, 1.165) is 18.4 Å². The number of methoxy groups -OCH3 is 2. The van der Waals surface area contributed by atoms with Crippen LogP contribution in [0.25, 0.3) is 11.5 Å². The first-order valence-corrected chi connectivity index (χ1v) is 10.00. The Bertz CT molecular complexity index is 1020. The molecule has 1 aliphatic carbocycles. The topological polar surface area (TPSA) is 74.5 Å². The number of rotatable bonds is 7. The first kappa shape index (κ1) is 18.6. The largest absolute Gasteiger partial charge is 0.497 e. The summed E-state index contributed by atoms with van der Waals surface area (Å²) in [6.07, 6.45) is 3.33. The van der Waals surface area contributed by atoms with Crippen LogP contribution in [-0.4, -0.2) is 36.0 Å². The zero-order valence-corrected chi connectivity index (χ0v) is 16.5. The number of carbonyl (C=O) groups is 1. The van der Waals surface area contributed by atoms with Crippen molar-refractivity contribution in [1.82, 2.24) is 10.2 Å². The summed E-state index contributed by atoms with van der Waals surface area (Å²) in [6.45, 7) is 0. The second kappa shape index (κ2) is 8.06. The van der Waals surface area contributed by atoms with Crippen LogP contribution in [0.1, 0.15) is 27.9 Å². The van der Waals surface area contributed by atoms with Gasteiger partial charge in [0.05, 0.1) is 25.5 Å². The number of benzene rings is 2. The molecule has 1 aliphatic rings. The van der Waals surface area contributed by atoms with Gasteiger partial charge in [0.15, 0.2) is 5.78 Å². The number of carbonyl (C=O) groups excluding carboxylic acids is 1. The molecule has 0 atom stereocenters. The van der Waals surface area contributed by atoms with Crippen LogP contribution >= 0.6 is 11.8 Å². The first-order valence-electron chi connectivity index (χ1n) is 9.01. The minimum Gasteiger partial charge on any atom is -0.497 e. The first-order chi connectivity index (χ1) is 13.7. The van der Waals surface area contributed by atoms with E-state index in [2.05, 4.69) is 16.3 Å². The minimum absolute atomic E-state index is 0.0569. The Labute approximate surface area is 167 Å². The quantitative estimate of drug-likeness (QED) is 0.437. The highest BCUT2D eigenvalue weighted by Gasteiger charge is 2.17. The van der Waals surface area contributed by atoms with E-state index in [0.29, 0.717) is 28.2 Å². The average molecular weight is 396 g/mol. The van der Waals surface area contributed by atoms with Gasteiger partial charge in [0.25, 0.3) is 11.1 Å². The highest BCUT2D eigenvalue weighted by molar-refractivity contribution is 7.99. The fraction of sp³-hybridized carbons (Fsp3) is 0.286. The summed E-state index contributed by atoms with van der Waals surface area (Å²) in [4.78, 5) is 12.5. The molecule has 144 valence electrons. The molecule has 0 bridgehead atoms. The second-order valence-corrected chi connectivity index (χ2v) is 7.41. The van der Waals surface area contributed by atoms with Crippen molar-refractivity contribution in [1.29, 1.82) is 0 Å². The Balaban J connectivity index is 1.45. The van der Waals surface area contributed by atoms with E-state index in [-0.39, 0.29) is 11.5 Å². The van der Waals surface area contributed by atoms with Crippen molar-refractivity contribution >= 4 is 17.5 Å². The number of hydrogen-bond acceptors (Lipinski definition) is 7. The van der Waals surface area contributed by atoms with Crippen LogP contribution in [0.4, 0.5) is 0 Å². The van der Waals surface area contributed by atoms with E-state index < -0.39 is 0 Å². The summed E-state index contributed by atoms with van der Waals surface area (Å²) in [5.41, 5.74) is 4.07. The molecule has 0 amide bonds. The molecule has 3 aromatic rings. The van der Waals surface area contributed by atoms with Gasteiger partial charge in [-0.3, -0.25) is 4.79 Å². The predicted octanol–water partition coefficient (Wildman–Crippen LogP) is 4.22. The lowest BCUT2D eigenvalue weighted by Gasteiger charge is -2.07. The molecule has 6 nitrogen and oxygen atoms in total. The van der Waals surface area contributed by atoms with Crippen LogP contribution in [-0.2, 0) is 12.8 Å². The normalized spacial score (nSPS) is 12.6. The van der Waals surface area contributed by atoms with Crippen molar-refractivity contribution in [3.63, 3.8) is 0 Å². The molecule has 4 rings (SSSR count). The van der Waals surface area contributed by atoms with Crippen molar-refractivity contribution in [3.05, 3.63) is 53.1 Å². The lowest BCUT2D eigenvalue weighted by atomic mass is 10.0. The smallest absolute Gasteiger partial charge is 0.277 e. The van der Waals surface area contributed by atoms with Crippen LogP contribution in [0.15, 0.2) is 46.0 Å². The number of fused-ring (bicyclic) bond motifs is 1. The van der Waals surface area contributed by atoms with Crippen molar-refractivity contribution in [3.8, 4) is 23.0 Å². The molecule has 2 aromatic carbocycles. The molecule has 7 heteroatoms. The number of aromatic nitrogens is 2. The highest BCUT2D eigenvalue weighted by atomic mass is 32.2. The van der Waals surface area contributed by atoms with Crippen LogP contribution in [0.2, 0.25) is 0 Å². The van der Waals surface area contributed by atoms with Crippen molar-refractivity contribution in [2.45, 2.75) is 24.5 Å². The molecule has 28 heavy (non-hydrogen) atoms. The summed E-state index contributed by atoms with van der Waals surface area (Å²) in [6, 6.07) is 11.4. The number of ether oxygens (including phenoxy) is 2. The van der Waals surface area contributed by atoms with Gasteiger partial charge in [-0.25, -0.2) is 0 Å². The van der Waals surface area contributed by atoms with Gasteiger partial charge >= 0.3 is 0 Å². The lowest BCUT2D eigenvalue weighted by molar-refractivity contribution is 0.102. The maximum atomic E-state index is 12.5. The SMILES string of the molecule is COc1ccc(-c2nnc(SCC(=O)c3ccc4c(c3)CCC4)o2)c(OC)c1. The lowest BCUT2D eigenvalue weighted by Crippen LogP contribution is -2.03. The van der Waals surface area contributed by atoms with Gasteiger partial charge in [-0.05, 0) is 48.6 Å². The van der Waals surface area contributed by atoms with Crippen LogP contribution in [0, 0.1) is 0 Å². The van der Waals surface area contributed by atoms with Gasteiger partial charge in [-0.2, -0.15) is 0 Å². The van der Waals surface area contributed by atoms with Gasteiger partial charge in [0, 0.05) is 11.6 Å². The average Bonchev–Trinajstić information content (AvgIpc) is 3.40. The zero-order valence-electron chi connectivity index (χ0n) is 15.7. The van der Waals surface area contributed by atoms with E-state index >= 15 is 0 Å². The maximum Gasteiger partial charge on any atom is 0.277 e. The van der Waals surface area contributed by atoms with Crippen molar-refractivity contribution in [2.24, 2.45) is 0 Å². The summed E-state index contributed by atoms with van der Waals surface area (Å²) in [5, 5.41) is 8.47. The van der Waals surface area contributed by atoms with Crippen molar-refractivity contribution < 1.29 is 18.7 Å².